The van der Waals surface area contributed by atoms with Crippen molar-refractivity contribution >= 4 is 5.78 Å². The van der Waals surface area contributed by atoms with E-state index in [1.165, 1.54) is 6.07 Å². The summed E-state index contributed by atoms with van der Waals surface area (Å²) in [5, 5.41) is 0. The zero-order valence-corrected chi connectivity index (χ0v) is 11.9. The zero-order chi connectivity index (χ0) is 15.4. The number of ether oxygens (including phenoxy) is 1. The number of para-hydroxylation sites is 1. The number of carbonyl (C=O) groups is 1. The molecule has 0 amide bonds. The van der Waals surface area contributed by atoms with Crippen LogP contribution < -0.4 is 4.74 Å². The molecule has 2 rings (SSSR count). The second-order valence-corrected chi connectivity index (χ2v) is 5.03. The summed E-state index contributed by atoms with van der Waals surface area (Å²) in [5.41, 5.74) is 1.09. The molecule has 0 aliphatic carbocycles. The highest BCUT2D eigenvalue weighted by molar-refractivity contribution is 5.97. The maximum Gasteiger partial charge on any atom is 0.200 e. The van der Waals surface area contributed by atoms with Crippen molar-refractivity contribution in [2.24, 2.45) is 0 Å². The fraction of sp³-hybridized carbons (Fsp3) is 0.235. The highest BCUT2D eigenvalue weighted by Crippen LogP contribution is 2.25. The minimum atomic E-state index is -1.04. The molecule has 0 spiro atoms. The number of Topliss-reactive ketones (excluding diaryl/α,β-unsaturated/α-hetero) is 1. The summed E-state index contributed by atoms with van der Waals surface area (Å²) in [7, 11) is 0. The summed E-state index contributed by atoms with van der Waals surface area (Å²) in [6.45, 7) is 3.84. The van der Waals surface area contributed by atoms with Gasteiger partial charge < -0.3 is 4.74 Å². The molecule has 0 heterocycles. The molecule has 21 heavy (non-hydrogen) atoms. The maximum absolute atomic E-state index is 13.1. The van der Waals surface area contributed by atoms with Crippen LogP contribution in [0.3, 0.4) is 0 Å². The van der Waals surface area contributed by atoms with E-state index in [2.05, 4.69) is 0 Å². The van der Waals surface area contributed by atoms with Gasteiger partial charge in [0.15, 0.2) is 24.0 Å². The van der Waals surface area contributed by atoms with Crippen LogP contribution >= 0.6 is 0 Å². The Kier molecular flexibility index (Phi) is 4.68. The first-order valence-corrected chi connectivity index (χ1v) is 6.69. The van der Waals surface area contributed by atoms with Gasteiger partial charge in [0.25, 0.3) is 0 Å². The van der Waals surface area contributed by atoms with Crippen molar-refractivity contribution in [2.45, 2.75) is 19.8 Å². The Balaban J connectivity index is 2.09. The molecular formula is C17H16F2O2. The standard InChI is InChI=1S/C17H16F2O2/c1-11(2)13-5-3-4-6-17(13)21-10-16(20)12-7-8-14(18)15(19)9-12/h3-9,11H,10H2,1-2H3. The molecule has 4 heteroatoms. The van der Waals surface area contributed by atoms with Gasteiger partial charge in [-0.1, -0.05) is 32.0 Å². The third-order valence-corrected chi connectivity index (χ3v) is 3.14. The summed E-state index contributed by atoms with van der Waals surface area (Å²) < 4.78 is 31.5. The summed E-state index contributed by atoms with van der Waals surface area (Å²) >= 11 is 0. The number of benzene rings is 2. The van der Waals surface area contributed by atoms with Crippen LogP contribution in [-0.2, 0) is 0 Å². The third kappa shape index (κ3) is 3.66. The predicted molar refractivity (Wildman–Crippen MR) is 76.7 cm³/mol. The Bertz CT molecular complexity index is 651. The molecule has 0 atom stereocenters. The smallest absolute Gasteiger partial charge is 0.200 e. The van der Waals surface area contributed by atoms with E-state index in [9.17, 15) is 13.6 Å². The lowest BCUT2D eigenvalue weighted by atomic mass is 10.0. The van der Waals surface area contributed by atoms with Crippen LogP contribution in [0.25, 0.3) is 0 Å². The van der Waals surface area contributed by atoms with E-state index >= 15 is 0 Å². The quantitative estimate of drug-likeness (QED) is 0.765. The van der Waals surface area contributed by atoms with Crippen molar-refractivity contribution in [1.82, 2.24) is 0 Å². The summed E-state index contributed by atoms with van der Waals surface area (Å²) in [4.78, 5) is 11.9. The Morgan fingerprint density at radius 3 is 2.48 bits per heavy atom. The Morgan fingerprint density at radius 1 is 1.10 bits per heavy atom. The zero-order valence-electron chi connectivity index (χ0n) is 11.9. The van der Waals surface area contributed by atoms with Crippen molar-refractivity contribution in [3.05, 3.63) is 65.2 Å². The first-order valence-electron chi connectivity index (χ1n) is 6.69. The normalized spacial score (nSPS) is 10.7. The molecule has 0 aromatic heterocycles. The molecule has 0 aliphatic rings. The molecule has 2 nitrogen and oxygen atoms in total. The van der Waals surface area contributed by atoms with E-state index in [1.54, 1.807) is 6.07 Å². The van der Waals surface area contributed by atoms with E-state index in [-0.39, 0.29) is 18.1 Å². The van der Waals surface area contributed by atoms with Gasteiger partial charge in [-0.05, 0) is 35.7 Å². The highest BCUT2D eigenvalue weighted by atomic mass is 19.2. The number of ketones is 1. The van der Waals surface area contributed by atoms with E-state index in [0.29, 0.717) is 5.75 Å². The van der Waals surface area contributed by atoms with E-state index in [0.717, 1.165) is 17.7 Å². The van der Waals surface area contributed by atoms with Crippen LogP contribution in [0.2, 0.25) is 0 Å². The van der Waals surface area contributed by atoms with Gasteiger partial charge in [-0.15, -0.1) is 0 Å². The van der Waals surface area contributed by atoms with Gasteiger partial charge in [-0.3, -0.25) is 4.79 Å². The van der Waals surface area contributed by atoms with Gasteiger partial charge in [0.2, 0.25) is 0 Å². The van der Waals surface area contributed by atoms with Gasteiger partial charge in [0.1, 0.15) is 5.75 Å². The monoisotopic (exact) mass is 290 g/mol. The minimum Gasteiger partial charge on any atom is -0.485 e. The SMILES string of the molecule is CC(C)c1ccccc1OCC(=O)c1ccc(F)c(F)c1. The molecule has 0 saturated carbocycles. The van der Waals surface area contributed by atoms with Gasteiger partial charge in [-0.25, -0.2) is 8.78 Å². The van der Waals surface area contributed by atoms with Gasteiger partial charge in [0.05, 0.1) is 0 Å². The van der Waals surface area contributed by atoms with E-state index < -0.39 is 17.4 Å². The molecule has 0 radical (unpaired) electrons. The topological polar surface area (TPSA) is 26.3 Å². The number of hydrogen-bond acceptors (Lipinski definition) is 2. The van der Waals surface area contributed by atoms with Crippen molar-refractivity contribution in [3.63, 3.8) is 0 Å². The van der Waals surface area contributed by atoms with Gasteiger partial charge in [-0.2, -0.15) is 0 Å². The largest absolute Gasteiger partial charge is 0.485 e. The van der Waals surface area contributed by atoms with E-state index in [4.69, 9.17) is 4.74 Å². The lowest BCUT2D eigenvalue weighted by molar-refractivity contribution is 0.0920. The minimum absolute atomic E-state index is 0.0935. The lowest BCUT2D eigenvalue weighted by Gasteiger charge is -2.13. The Morgan fingerprint density at radius 2 is 1.81 bits per heavy atom. The molecule has 0 unspecified atom stereocenters. The molecule has 2 aromatic carbocycles. The molecular weight excluding hydrogens is 274 g/mol. The molecule has 110 valence electrons. The fourth-order valence-electron chi connectivity index (χ4n) is 1.99. The summed E-state index contributed by atoms with van der Waals surface area (Å²) in [6.07, 6.45) is 0. The fourth-order valence-corrected chi connectivity index (χ4v) is 1.99. The number of rotatable bonds is 5. The van der Waals surface area contributed by atoms with Crippen molar-refractivity contribution < 1.29 is 18.3 Å². The van der Waals surface area contributed by atoms with Crippen LogP contribution in [0.4, 0.5) is 8.78 Å². The molecule has 0 bridgehead atoms. The van der Waals surface area contributed by atoms with Crippen LogP contribution in [0.1, 0.15) is 35.7 Å². The predicted octanol–water partition coefficient (Wildman–Crippen LogP) is 4.35. The highest BCUT2D eigenvalue weighted by Gasteiger charge is 2.12. The first kappa shape index (κ1) is 15.2. The number of halogens is 2. The van der Waals surface area contributed by atoms with Crippen LogP contribution in [0.15, 0.2) is 42.5 Å². The third-order valence-electron chi connectivity index (χ3n) is 3.14. The maximum atomic E-state index is 13.1. The second-order valence-electron chi connectivity index (χ2n) is 5.03. The summed E-state index contributed by atoms with van der Waals surface area (Å²) in [6, 6.07) is 10.5. The molecule has 0 fully saturated rings. The average Bonchev–Trinajstić information content (AvgIpc) is 2.47. The Hall–Kier alpha value is -2.23. The average molecular weight is 290 g/mol. The van der Waals surface area contributed by atoms with Crippen molar-refractivity contribution in [3.8, 4) is 5.75 Å². The van der Waals surface area contributed by atoms with E-state index in [1.807, 2.05) is 32.0 Å². The van der Waals surface area contributed by atoms with Crippen molar-refractivity contribution in [2.75, 3.05) is 6.61 Å². The molecule has 2 aromatic rings. The molecule has 0 aliphatic heterocycles. The van der Waals surface area contributed by atoms with Gasteiger partial charge in [0, 0.05) is 5.56 Å². The number of carbonyl (C=O) groups excluding carboxylic acids is 1. The lowest BCUT2D eigenvalue weighted by Crippen LogP contribution is -2.13. The molecule has 0 N–H and O–H groups in total. The Labute approximate surface area is 122 Å². The molecule has 0 saturated heterocycles. The van der Waals surface area contributed by atoms with Gasteiger partial charge >= 0.3 is 0 Å². The van der Waals surface area contributed by atoms with Crippen molar-refractivity contribution in [1.29, 1.82) is 0 Å². The van der Waals surface area contributed by atoms with Crippen LogP contribution in [0.5, 0.6) is 5.75 Å². The van der Waals surface area contributed by atoms with Crippen LogP contribution in [-0.4, -0.2) is 12.4 Å². The first-order chi connectivity index (χ1) is 9.99. The number of hydrogen-bond donors (Lipinski definition) is 0. The second kappa shape index (κ2) is 6.48. The summed E-state index contributed by atoms with van der Waals surface area (Å²) in [5.74, 6) is -1.52. The van der Waals surface area contributed by atoms with Crippen LogP contribution in [0, 0.1) is 11.6 Å².